The van der Waals surface area contributed by atoms with Gasteiger partial charge in [0, 0.05) is 12.1 Å². The van der Waals surface area contributed by atoms with Gasteiger partial charge in [-0.3, -0.25) is 10.1 Å². The zero-order chi connectivity index (χ0) is 18.0. The van der Waals surface area contributed by atoms with Crippen LogP contribution in [0.4, 0.5) is 18.9 Å². The lowest BCUT2D eigenvalue weighted by molar-refractivity contribution is -0.384. The van der Waals surface area contributed by atoms with E-state index in [1.807, 2.05) is 0 Å². The fraction of sp³-hybridized carbons (Fsp3) is 0.0769. The Labute approximate surface area is 133 Å². The van der Waals surface area contributed by atoms with E-state index < -0.39 is 37.7 Å². The Morgan fingerprint density at radius 2 is 1.62 bits per heavy atom. The van der Waals surface area contributed by atoms with Crippen molar-refractivity contribution in [1.82, 2.24) is 0 Å². The fourth-order valence-electron chi connectivity index (χ4n) is 1.65. The molecule has 0 unspecified atom stereocenters. The molecule has 0 aliphatic carbocycles. The van der Waals surface area contributed by atoms with E-state index in [9.17, 15) is 31.7 Å². The number of halogens is 3. The summed E-state index contributed by atoms with van der Waals surface area (Å²) in [6.07, 6.45) is -4.98. The second kappa shape index (κ2) is 6.35. The van der Waals surface area contributed by atoms with E-state index in [0.29, 0.717) is 6.07 Å². The largest absolute Gasteiger partial charge is 0.573 e. The second-order valence-electron chi connectivity index (χ2n) is 4.31. The third-order valence-electron chi connectivity index (χ3n) is 2.56. The van der Waals surface area contributed by atoms with Crippen LogP contribution >= 0.6 is 0 Å². The van der Waals surface area contributed by atoms with Crippen LogP contribution in [-0.2, 0) is 10.1 Å². The first-order valence-corrected chi connectivity index (χ1v) is 7.52. The molecule has 24 heavy (non-hydrogen) atoms. The van der Waals surface area contributed by atoms with Crippen molar-refractivity contribution in [2.75, 3.05) is 0 Å². The molecule has 7 nitrogen and oxygen atoms in total. The standard InChI is InChI=1S/C13H8F3NO6S/c14-13(15,16)22-10-4-2-6-12(8-10)24(20,21)23-11-5-1-3-9(7-11)17(18)19/h1-8H. The molecule has 0 fully saturated rings. The molecule has 0 radical (unpaired) electrons. The maximum absolute atomic E-state index is 12.2. The zero-order valence-corrected chi connectivity index (χ0v) is 12.4. The Morgan fingerprint density at radius 3 is 2.25 bits per heavy atom. The summed E-state index contributed by atoms with van der Waals surface area (Å²) in [5.41, 5.74) is -0.406. The Kier molecular flexibility index (Phi) is 4.64. The minimum Gasteiger partial charge on any atom is -0.406 e. The Hall–Kier alpha value is -2.82. The third-order valence-corrected chi connectivity index (χ3v) is 3.81. The van der Waals surface area contributed by atoms with Gasteiger partial charge in [-0.1, -0.05) is 12.1 Å². The van der Waals surface area contributed by atoms with Gasteiger partial charge < -0.3 is 8.92 Å². The number of hydrogen-bond acceptors (Lipinski definition) is 6. The first-order chi connectivity index (χ1) is 11.1. The van der Waals surface area contributed by atoms with Gasteiger partial charge in [-0.15, -0.1) is 13.2 Å². The normalized spacial score (nSPS) is 11.8. The maximum Gasteiger partial charge on any atom is 0.573 e. The average Bonchev–Trinajstić information content (AvgIpc) is 2.45. The highest BCUT2D eigenvalue weighted by atomic mass is 32.2. The van der Waals surface area contributed by atoms with Gasteiger partial charge in [0.15, 0.2) is 0 Å². The molecule has 2 aromatic rings. The number of alkyl halides is 3. The maximum atomic E-state index is 12.2. The van der Waals surface area contributed by atoms with Crippen molar-refractivity contribution in [1.29, 1.82) is 0 Å². The summed E-state index contributed by atoms with van der Waals surface area (Å²) in [5.74, 6) is -1.10. The number of hydrogen-bond donors (Lipinski definition) is 0. The molecule has 0 aromatic heterocycles. The van der Waals surface area contributed by atoms with Crippen LogP contribution in [0.5, 0.6) is 11.5 Å². The topological polar surface area (TPSA) is 95.7 Å². The second-order valence-corrected chi connectivity index (χ2v) is 5.86. The molecule has 0 atom stereocenters. The molecule has 0 saturated carbocycles. The first-order valence-electron chi connectivity index (χ1n) is 6.11. The molecule has 0 heterocycles. The SMILES string of the molecule is O=[N+]([O-])c1cccc(OS(=O)(=O)c2cccc(OC(F)(F)F)c2)c1. The Morgan fingerprint density at radius 1 is 1.00 bits per heavy atom. The lowest BCUT2D eigenvalue weighted by Crippen LogP contribution is -2.17. The fourth-order valence-corrected chi connectivity index (χ4v) is 2.61. The number of rotatable bonds is 5. The van der Waals surface area contributed by atoms with Gasteiger partial charge in [0.05, 0.1) is 11.0 Å². The van der Waals surface area contributed by atoms with Crippen molar-refractivity contribution < 1.29 is 35.4 Å². The van der Waals surface area contributed by atoms with Crippen molar-refractivity contribution in [3.8, 4) is 11.5 Å². The minimum atomic E-state index is -4.98. The van der Waals surface area contributed by atoms with Crippen LogP contribution in [0.25, 0.3) is 0 Å². The molecular weight excluding hydrogens is 355 g/mol. The molecule has 128 valence electrons. The minimum absolute atomic E-state index is 0.355. The quantitative estimate of drug-likeness (QED) is 0.460. The highest BCUT2D eigenvalue weighted by Gasteiger charge is 2.31. The molecule has 0 N–H and O–H groups in total. The van der Waals surface area contributed by atoms with Crippen molar-refractivity contribution in [2.45, 2.75) is 11.3 Å². The van der Waals surface area contributed by atoms with E-state index in [2.05, 4.69) is 4.74 Å². The molecule has 0 saturated heterocycles. The monoisotopic (exact) mass is 363 g/mol. The van der Waals surface area contributed by atoms with Crippen molar-refractivity contribution in [3.05, 3.63) is 58.6 Å². The summed E-state index contributed by atoms with van der Waals surface area (Å²) in [5, 5.41) is 10.6. The number of nitro groups is 1. The summed E-state index contributed by atoms with van der Waals surface area (Å²) in [4.78, 5) is 9.29. The van der Waals surface area contributed by atoms with Gasteiger partial charge in [-0.25, -0.2) is 0 Å². The van der Waals surface area contributed by atoms with E-state index in [-0.39, 0.29) is 5.75 Å². The number of nitrogens with zero attached hydrogens (tertiary/aromatic N) is 1. The highest BCUT2D eigenvalue weighted by molar-refractivity contribution is 7.87. The third kappa shape index (κ3) is 4.59. The Bertz CT molecular complexity index is 866. The molecule has 0 aliphatic heterocycles. The van der Waals surface area contributed by atoms with Crippen LogP contribution in [0.3, 0.4) is 0 Å². The van der Waals surface area contributed by atoms with Gasteiger partial charge in [-0.2, -0.15) is 8.42 Å². The van der Waals surface area contributed by atoms with Crippen molar-refractivity contribution in [3.63, 3.8) is 0 Å². The number of ether oxygens (including phenoxy) is 1. The zero-order valence-electron chi connectivity index (χ0n) is 11.6. The van der Waals surface area contributed by atoms with Crippen LogP contribution in [0.15, 0.2) is 53.4 Å². The van der Waals surface area contributed by atoms with Gasteiger partial charge >= 0.3 is 16.5 Å². The predicted molar refractivity (Wildman–Crippen MR) is 74.0 cm³/mol. The van der Waals surface area contributed by atoms with Gasteiger partial charge in [0.2, 0.25) is 0 Å². The molecule has 0 amide bonds. The Balaban J connectivity index is 2.29. The lowest BCUT2D eigenvalue weighted by atomic mass is 10.3. The van der Waals surface area contributed by atoms with E-state index in [0.717, 1.165) is 36.4 Å². The van der Waals surface area contributed by atoms with E-state index >= 15 is 0 Å². The van der Waals surface area contributed by atoms with Crippen LogP contribution < -0.4 is 8.92 Å². The van der Waals surface area contributed by atoms with Crippen molar-refractivity contribution in [2.24, 2.45) is 0 Å². The first kappa shape index (κ1) is 17.5. The van der Waals surface area contributed by atoms with Crippen LogP contribution in [0.2, 0.25) is 0 Å². The predicted octanol–water partition coefficient (Wildman–Crippen LogP) is 3.26. The molecule has 0 spiro atoms. The van der Waals surface area contributed by atoms with Crippen molar-refractivity contribution >= 4 is 15.8 Å². The van der Waals surface area contributed by atoms with E-state index in [1.54, 1.807) is 0 Å². The van der Waals surface area contributed by atoms with Gasteiger partial charge in [0.1, 0.15) is 16.4 Å². The highest BCUT2D eigenvalue weighted by Crippen LogP contribution is 2.27. The summed E-state index contributed by atoms with van der Waals surface area (Å²) >= 11 is 0. The molecule has 2 aromatic carbocycles. The molecule has 0 aliphatic rings. The molecule has 11 heteroatoms. The summed E-state index contributed by atoms with van der Waals surface area (Å²) in [6.45, 7) is 0. The number of benzene rings is 2. The molecule has 0 bridgehead atoms. The van der Waals surface area contributed by atoms with Gasteiger partial charge in [0.25, 0.3) is 5.69 Å². The van der Waals surface area contributed by atoms with E-state index in [4.69, 9.17) is 4.18 Å². The van der Waals surface area contributed by atoms with Crippen LogP contribution in [0, 0.1) is 10.1 Å². The molecule has 2 rings (SSSR count). The summed E-state index contributed by atoms with van der Waals surface area (Å²) < 4.78 is 69.0. The van der Waals surface area contributed by atoms with Crippen LogP contribution in [0.1, 0.15) is 0 Å². The van der Waals surface area contributed by atoms with E-state index in [1.165, 1.54) is 6.07 Å². The summed E-state index contributed by atoms with van der Waals surface area (Å²) in [7, 11) is -4.50. The van der Waals surface area contributed by atoms with Crippen LogP contribution in [-0.4, -0.2) is 19.7 Å². The lowest BCUT2D eigenvalue weighted by Gasteiger charge is -2.11. The molecular formula is C13H8F3NO6S. The summed E-state index contributed by atoms with van der Waals surface area (Å²) in [6, 6.07) is 7.92. The van der Waals surface area contributed by atoms with Gasteiger partial charge in [-0.05, 0) is 18.2 Å². The number of non-ortho nitro benzene ring substituents is 1. The average molecular weight is 363 g/mol. The smallest absolute Gasteiger partial charge is 0.406 e. The number of nitro benzene ring substituents is 1.